The average Bonchev–Trinajstić information content (AvgIpc) is 3.06. The largest absolute Gasteiger partial charge is 0.299 e. The van der Waals surface area contributed by atoms with Gasteiger partial charge in [-0.3, -0.25) is 15.0 Å². The minimum absolute atomic E-state index is 0.192. The summed E-state index contributed by atoms with van der Waals surface area (Å²) in [5.41, 5.74) is 0.737. The van der Waals surface area contributed by atoms with Crippen molar-refractivity contribution in [3.05, 3.63) is 40.7 Å². The number of hydrogen-bond donors (Lipinski definition) is 1. The fourth-order valence-electron chi connectivity index (χ4n) is 3.30. The third kappa shape index (κ3) is 4.41. The lowest BCUT2D eigenvalue weighted by Gasteiger charge is -2.23. The van der Waals surface area contributed by atoms with Crippen molar-refractivity contribution in [1.82, 2.24) is 15.1 Å². The maximum atomic E-state index is 13.1. The van der Waals surface area contributed by atoms with Crippen LogP contribution >= 0.6 is 11.3 Å². The lowest BCUT2D eigenvalue weighted by molar-refractivity contribution is -0.120. The molecule has 0 spiro atoms. The van der Waals surface area contributed by atoms with Crippen molar-refractivity contribution in [3.8, 4) is 0 Å². The summed E-state index contributed by atoms with van der Waals surface area (Å²) in [6.07, 6.45) is 6.07. The quantitative estimate of drug-likeness (QED) is 0.874. The lowest BCUT2D eigenvalue weighted by atomic mass is 9.90. The van der Waals surface area contributed by atoms with Gasteiger partial charge < -0.3 is 0 Å². The Morgan fingerprint density at radius 2 is 1.88 bits per heavy atom. The van der Waals surface area contributed by atoms with Gasteiger partial charge in [-0.05, 0) is 44.6 Å². The Labute approximate surface area is 151 Å². The van der Waals surface area contributed by atoms with Crippen LogP contribution in [0.1, 0.15) is 54.6 Å². The Hall–Kier alpha value is -1.86. The predicted molar refractivity (Wildman–Crippen MR) is 97.2 cm³/mol. The van der Waals surface area contributed by atoms with Crippen molar-refractivity contribution in [2.24, 2.45) is 0 Å². The maximum absolute atomic E-state index is 13.1. The molecular weight excluding hydrogens is 339 g/mol. The van der Waals surface area contributed by atoms with Crippen LogP contribution in [0, 0.1) is 5.82 Å². The number of carbonyl (C=O) groups excluding carboxylic acids is 1. The fraction of sp³-hybridized carbons (Fsp3) is 0.500. The third-order valence-electron chi connectivity index (χ3n) is 4.58. The highest BCUT2D eigenvalue weighted by molar-refractivity contribution is 7.15. The van der Waals surface area contributed by atoms with Crippen molar-refractivity contribution < 1.29 is 9.18 Å². The highest BCUT2D eigenvalue weighted by Crippen LogP contribution is 2.35. The molecule has 1 heterocycles. The molecule has 134 valence electrons. The summed E-state index contributed by atoms with van der Waals surface area (Å²) in [5.74, 6) is -0.0375. The van der Waals surface area contributed by atoms with Crippen LogP contribution in [-0.4, -0.2) is 35.1 Å². The summed E-state index contributed by atoms with van der Waals surface area (Å²) in [6.45, 7) is 0. The van der Waals surface area contributed by atoms with Gasteiger partial charge in [0.1, 0.15) is 16.9 Å². The molecular formula is C18H23FN4OS. The van der Waals surface area contributed by atoms with Gasteiger partial charge in [0.2, 0.25) is 11.0 Å². The molecule has 1 fully saturated rings. The van der Waals surface area contributed by atoms with E-state index in [-0.39, 0.29) is 11.7 Å². The van der Waals surface area contributed by atoms with E-state index in [1.807, 2.05) is 14.1 Å². The molecule has 1 aliphatic carbocycles. The third-order valence-corrected chi connectivity index (χ3v) is 5.58. The van der Waals surface area contributed by atoms with Gasteiger partial charge in [-0.25, -0.2) is 4.39 Å². The Bertz CT molecular complexity index is 710. The molecule has 0 saturated heterocycles. The minimum atomic E-state index is -0.511. The number of nitrogens with one attached hydrogen (secondary N) is 1. The van der Waals surface area contributed by atoms with Crippen molar-refractivity contribution in [2.45, 2.75) is 44.1 Å². The zero-order valence-corrected chi connectivity index (χ0v) is 15.4. The first-order valence-corrected chi connectivity index (χ1v) is 9.42. The number of halogens is 1. The molecule has 1 aliphatic rings. The van der Waals surface area contributed by atoms with Crippen molar-refractivity contribution in [1.29, 1.82) is 0 Å². The number of aromatic nitrogens is 2. The molecule has 1 saturated carbocycles. The summed E-state index contributed by atoms with van der Waals surface area (Å²) in [4.78, 5) is 14.5. The number of nitrogens with zero attached hydrogens (tertiary/aromatic N) is 3. The minimum Gasteiger partial charge on any atom is -0.299 e. The first-order chi connectivity index (χ1) is 12.0. The van der Waals surface area contributed by atoms with Crippen molar-refractivity contribution in [3.63, 3.8) is 0 Å². The molecule has 0 bridgehead atoms. The summed E-state index contributed by atoms with van der Waals surface area (Å²) >= 11 is 1.46. The molecule has 5 nitrogen and oxygen atoms in total. The number of rotatable bonds is 5. The Balaban J connectivity index is 1.71. The van der Waals surface area contributed by atoms with Crippen LogP contribution < -0.4 is 5.32 Å². The van der Waals surface area contributed by atoms with E-state index in [9.17, 15) is 9.18 Å². The number of anilines is 1. The van der Waals surface area contributed by atoms with Gasteiger partial charge in [-0.15, -0.1) is 10.2 Å². The molecule has 1 unspecified atom stereocenters. The van der Waals surface area contributed by atoms with Gasteiger partial charge in [0.25, 0.3) is 0 Å². The number of carbonyl (C=O) groups is 1. The van der Waals surface area contributed by atoms with Gasteiger partial charge in [-0.2, -0.15) is 0 Å². The van der Waals surface area contributed by atoms with E-state index in [4.69, 9.17) is 0 Å². The monoisotopic (exact) mass is 362 g/mol. The zero-order chi connectivity index (χ0) is 17.8. The Kier molecular flexibility index (Phi) is 5.75. The fourth-order valence-corrected chi connectivity index (χ4v) is 4.22. The lowest BCUT2D eigenvalue weighted by Crippen LogP contribution is -2.32. The van der Waals surface area contributed by atoms with E-state index >= 15 is 0 Å². The number of likely N-dealkylation sites (N-methyl/N-ethyl adjacent to an activating group) is 1. The molecule has 25 heavy (non-hydrogen) atoms. The summed E-state index contributed by atoms with van der Waals surface area (Å²) in [7, 11) is 3.64. The van der Waals surface area contributed by atoms with E-state index in [1.165, 1.54) is 42.7 Å². The first-order valence-electron chi connectivity index (χ1n) is 8.61. The zero-order valence-electron chi connectivity index (χ0n) is 14.5. The SMILES string of the molecule is CN(C)C(C(=O)Nc1nnc(C2CCCCC2)s1)c1ccc(F)cc1. The van der Waals surface area contributed by atoms with Gasteiger partial charge in [0.15, 0.2) is 0 Å². The van der Waals surface area contributed by atoms with E-state index in [0.29, 0.717) is 11.0 Å². The topological polar surface area (TPSA) is 58.1 Å². The Morgan fingerprint density at radius 3 is 2.52 bits per heavy atom. The van der Waals surface area contributed by atoms with Crippen LogP contribution in [0.25, 0.3) is 0 Å². The van der Waals surface area contributed by atoms with Crippen LogP contribution in [0.5, 0.6) is 0 Å². The van der Waals surface area contributed by atoms with E-state index in [1.54, 1.807) is 17.0 Å². The molecule has 7 heteroatoms. The van der Waals surface area contributed by atoms with Crippen molar-refractivity contribution >= 4 is 22.4 Å². The van der Waals surface area contributed by atoms with Crippen LogP contribution in [0.15, 0.2) is 24.3 Å². The molecule has 0 aliphatic heterocycles. The van der Waals surface area contributed by atoms with Gasteiger partial charge in [0.05, 0.1) is 0 Å². The van der Waals surface area contributed by atoms with E-state index < -0.39 is 6.04 Å². The van der Waals surface area contributed by atoms with Crippen LogP contribution in [0.2, 0.25) is 0 Å². The van der Waals surface area contributed by atoms with Gasteiger partial charge in [0, 0.05) is 5.92 Å². The molecule has 1 N–H and O–H groups in total. The second-order valence-electron chi connectivity index (χ2n) is 6.69. The average molecular weight is 362 g/mol. The highest BCUT2D eigenvalue weighted by Gasteiger charge is 2.25. The summed E-state index contributed by atoms with van der Waals surface area (Å²) < 4.78 is 13.1. The van der Waals surface area contributed by atoms with Gasteiger partial charge in [-0.1, -0.05) is 42.7 Å². The van der Waals surface area contributed by atoms with Crippen LogP contribution in [-0.2, 0) is 4.79 Å². The second kappa shape index (κ2) is 8.01. The standard InChI is InChI=1S/C18H23FN4OS/c1-23(2)15(12-8-10-14(19)11-9-12)16(24)20-18-22-21-17(25-18)13-6-4-3-5-7-13/h8-11,13,15H,3-7H2,1-2H3,(H,20,22,24). The molecule has 1 aromatic carbocycles. The normalized spacial score (nSPS) is 16.8. The molecule has 1 aromatic heterocycles. The van der Waals surface area contributed by atoms with Crippen LogP contribution in [0.3, 0.4) is 0 Å². The molecule has 0 radical (unpaired) electrons. The summed E-state index contributed by atoms with van der Waals surface area (Å²) in [6, 6.07) is 5.49. The molecule has 1 amide bonds. The number of hydrogen-bond acceptors (Lipinski definition) is 5. The maximum Gasteiger partial charge on any atom is 0.248 e. The number of amides is 1. The molecule has 1 atom stereocenters. The first kappa shape index (κ1) is 17.9. The van der Waals surface area contributed by atoms with E-state index in [0.717, 1.165) is 23.4 Å². The van der Waals surface area contributed by atoms with Crippen molar-refractivity contribution in [2.75, 3.05) is 19.4 Å². The smallest absolute Gasteiger partial charge is 0.248 e. The van der Waals surface area contributed by atoms with E-state index in [2.05, 4.69) is 15.5 Å². The molecule has 2 aromatic rings. The number of benzene rings is 1. The highest BCUT2D eigenvalue weighted by atomic mass is 32.1. The predicted octanol–water partition coefficient (Wildman–Crippen LogP) is 3.97. The summed E-state index contributed by atoms with van der Waals surface area (Å²) in [5, 5.41) is 12.8. The van der Waals surface area contributed by atoms with Crippen LogP contribution in [0.4, 0.5) is 9.52 Å². The van der Waals surface area contributed by atoms with Gasteiger partial charge >= 0.3 is 0 Å². The molecule has 3 rings (SSSR count). The second-order valence-corrected chi connectivity index (χ2v) is 7.70. The Morgan fingerprint density at radius 1 is 1.20 bits per heavy atom.